The van der Waals surface area contributed by atoms with Crippen LogP contribution < -0.4 is 5.32 Å². The van der Waals surface area contributed by atoms with Crippen LogP contribution in [0.25, 0.3) is 10.1 Å². The molecule has 1 heterocycles. The molecule has 0 bridgehead atoms. The normalized spacial score (nSPS) is 12.8. The van der Waals surface area contributed by atoms with Crippen molar-refractivity contribution >= 4 is 44.6 Å². The Morgan fingerprint density at radius 3 is 2.57 bits per heavy atom. The SMILES string of the molecule is CNC(c1ccc(Cl)c(Cl)c1)c1cc2cc(F)ccc2s1. The summed E-state index contributed by atoms with van der Waals surface area (Å²) in [5.74, 6) is -0.220. The summed E-state index contributed by atoms with van der Waals surface area (Å²) in [7, 11) is 1.89. The average Bonchev–Trinajstić information content (AvgIpc) is 2.86. The fourth-order valence-corrected chi connectivity index (χ4v) is 3.83. The van der Waals surface area contributed by atoms with Gasteiger partial charge in [0.2, 0.25) is 0 Å². The zero-order valence-corrected chi connectivity index (χ0v) is 13.5. The standard InChI is InChI=1S/C16H12Cl2FNS/c1-20-16(9-2-4-12(17)13(18)7-9)15-8-10-6-11(19)3-5-14(10)21-15/h2-8,16,20H,1H3. The average molecular weight is 340 g/mol. The number of fused-ring (bicyclic) bond motifs is 1. The van der Waals surface area contributed by atoms with Crippen molar-refractivity contribution in [2.24, 2.45) is 0 Å². The number of hydrogen-bond donors (Lipinski definition) is 1. The van der Waals surface area contributed by atoms with Crippen molar-refractivity contribution in [1.82, 2.24) is 5.32 Å². The molecule has 0 aliphatic carbocycles. The van der Waals surface area contributed by atoms with Gasteiger partial charge >= 0.3 is 0 Å². The summed E-state index contributed by atoms with van der Waals surface area (Å²) >= 11 is 13.7. The first-order valence-corrected chi connectivity index (χ1v) is 7.97. The lowest BCUT2D eigenvalue weighted by molar-refractivity contribution is 0.630. The first kappa shape index (κ1) is 14.8. The summed E-state index contributed by atoms with van der Waals surface area (Å²) < 4.78 is 14.4. The van der Waals surface area contributed by atoms with Gasteiger partial charge in [-0.15, -0.1) is 11.3 Å². The Kier molecular flexibility index (Phi) is 4.18. The number of halogens is 3. The molecule has 3 aromatic rings. The highest BCUT2D eigenvalue weighted by Gasteiger charge is 2.16. The molecular weight excluding hydrogens is 328 g/mol. The van der Waals surface area contributed by atoms with Crippen molar-refractivity contribution in [2.45, 2.75) is 6.04 Å². The van der Waals surface area contributed by atoms with E-state index in [1.807, 2.05) is 25.2 Å². The molecule has 0 saturated carbocycles. The van der Waals surface area contributed by atoms with Gasteiger partial charge in [-0.05, 0) is 54.4 Å². The molecule has 1 unspecified atom stereocenters. The Labute approximate surface area is 136 Å². The molecule has 0 fully saturated rings. The van der Waals surface area contributed by atoms with Gasteiger partial charge < -0.3 is 5.32 Å². The van der Waals surface area contributed by atoms with Crippen LogP contribution in [0.2, 0.25) is 10.0 Å². The molecule has 0 radical (unpaired) electrons. The minimum Gasteiger partial charge on any atom is -0.309 e. The van der Waals surface area contributed by atoms with E-state index in [-0.39, 0.29) is 11.9 Å². The van der Waals surface area contributed by atoms with Crippen LogP contribution in [0.4, 0.5) is 4.39 Å². The third-order valence-electron chi connectivity index (χ3n) is 3.35. The molecular formula is C16H12Cl2FNS. The maximum atomic E-state index is 13.3. The van der Waals surface area contributed by atoms with Crippen LogP contribution in [-0.2, 0) is 0 Å². The Morgan fingerprint density at radius 2 is 1.86 bits per heavy atom. The highest BCUT2D eigenvalue weighted by Crippen LogP contribution is 2.35. The van der Waals surface area contributed by atoms with Crippen LogP contribution in [-0.4, -0.2) is 7.05 Å². The predicted molar refractivity (Wildman–Crippen MR) is 89.1 cm³/mol. The van der Waals surface area contributed by atoms with E-state index in [1.165, 1.54) is 6.07 Å². The van der Waals surface area contributed by atoms with E-state index in [9.17, 15) is 4.39 Å². The topological polar surface area (TPSA) is 12.0 Å². The molecule has 108 valence electrons. The summed E-state index contributed by atoms with van der Waals surface area (Å²) in [4.78, 5) is 1.11. The summed E-state index contributed by atoms with van der Waals surface area (Å²) in [5, 5.41) is 5.25. The Morgan fingerprint density at radius 1 is 1.05 bits per heavy atom. The van der Waals surface area contributed by atoms with Crippen LogP contribution in [0.5, 0.6) is 0 Å². The van der Waals surface area contributed by atoms with Crippen LogP contribution >= 0.6 is 34.5 Å². The van der Waals surface area contributed by atoms with Gasteiger partial charge in [-0.25, -0.2) is 4.39 Å². The second kappa shape index (κ2) is 5.93. The van der Waals surface area contributed by atoms with Crippen molar-refractivity contribution in [1.29, 1.82) is 0 Å². The van der Waals surface area contributed by atoms with Crippen molar-refractivity contribution in [3.05, 3.63) is 68.8 Å². The van der Waals surface area contributed by atoms with Gasteiger partial charge in [0.05, 0.1) is 16.1 Å². The first-order valence-electron chi connectivity index (χ1n) is 6.39. The lowest BCUT2D eigenvalue weighted by Gasteiger charge is -2.15. The van der Waals surface area contributed by atoms with Crippen molar-refractivity contribution < 1.29 is 4.39 Å². The van der Waals surface area contributed by atoms with Crippen LogP contribution in [0.15, 0.2) is 42.5 Å². The zero-order valence-electron chi connectivity index (χ0n) is 11.2. The van der Waals surface area contributed by atoms with Crippen molar-refractivity contribution in [3.8, 4) is 0 Å². The number of nitrogens with one attached hydrogen (secondary N) is 1. The second-order valence-electron chi connectivity index (χ2n) is 4.73. The largest absolute Gasteiger partial charge is 0.309 e. The molecule has 21 heavy (non-hydrogen) atoms. The lowest BCUT2D eigenvalue weighted by atomic mass is 10.1. The van der Waals surface area contributed by atoms with E-state index >= 15 is 0 Å². The Bertz CT molecular complexity index is 800. The number of hydrogen-bond acceptors (Lipinski definition) is 2. The minimum absolute atomic E-state index is 0.000211. The van der Waals surface area contributed by atoms with Crippen LogP contribution in [0.3, 0.4) is 0 Å². The molecule has 1 nitrogen and oxygen atoms in total. The second-order valence-corrected chi connectivity index (χ2v) is 6.66. The number of thiophene rings is 1. The van der Waals surface area contributed by atoms with E-state index in [0.717, 1.165) is 20.5 Å². The molecule has 5 heteroatoms. The highest BCUT2D eigenvalue weighted by atomic mass is 35.5. The van der Waals surface area contributed by atoms with E-state index < -0.39 is 0 Å². The van der Waals surface area contributed by atoms with Gasteiger partial charge in [-0.2, -0.15) is 0 Å². The molecule has 2 aromatic carbocycles. The fourth-order valence-electron chi connectivity index (χ4n) is 2.34. The molecule has 3 rings (SSSR count). The molecule has 1 N–H and O–H groups in total. The van der Waals surface area contributed by atoms with Gasteiger partial charge in [0.15, 0.2) is 0 Å². The Balaban J connectivity index is 2.06. The smallest absolute Gasteiger partial charge is 0.123 e. The van der Waals surface area contributed by atoms with Gasteiger partial charge in [-0.1, -0.05) is 29.3 Å². The van der Waals surface area contributed by atoms with Gasteiger partial charge in [-0.3, -0.25) is 0 Å². The third-order valence-corrected chi connectivity index (χ3v) is 5.27. The van der Waals surface area contributed by atoms with E-state index in [2.05, 4.69) is 5.32 Å². The van der Waals surface area contributed by atoms with Crippen molar-refractivity contribution in [3.63, 3.8) is 0 Å². The molecule has 1 aromatic heterocycles. The van der Waals surface area contributed by atoms with Crippen LogP contribution in [0, 0.1) is 5.82 Å². The number of benzene rings is 2. The molecule has 0 aliphatic rings. The molecule has 0 saturated heterocycles. The van der Waals surface area contributed by atoms with E-state index in [0.29, 0.717) is 10.0 Å². The monoisotopic (exact) mass is 339 g/mol. The summed E-state index contributed by atoms with van der Waals surface area (Å²) in [5.41, 5.74) is 1.03. The minimum atomic E-state index is -0.220. The van der Waals surface area contributed by atoms with Gasteiger partial charge in [0.25, 0.3) is 0 Å². The van der Waals surface area contributed by atoms with E-state index in [4.69, 9.17) is 23.2 Å². The summed E-state index contributed by atoms with van der Waals surface area (Å²) in [6.45, 7) is 0. The maximum absolute atomic E-state index is 13.3. The first-order chi connectivity index (χ1) is 10.1. The van der Waals surface area contributed by atoms with Crippen LogP contribution in [0.1, 0.15) is 16.5 Å². The Hall–Kier alpha value is -1.13. The fraction of sp³-hybridized carbons (Fsp3) is 0.125. The number of rotatable bonds is 3. The predicted octanol–water partition coefficient (Wildman–Crippen LogP) is 5.66. The molecule has 0 spiro atoms. The highest BCUT2D eigenvalue weighted by molar-refractivity contribution is 7.19. The maximum Gasteiger partial charge on any atom is 0.123 e. The van der Waals surface area contributed by atoms with Gasteiger partial charge in [0.1, 0.15) is 5.82 Å². The third kappa shape index (κ3) is 2.92. The van der Waals surface area contributed by atoms with Gasteiger partial charge in [0, 0.05) is 9.58 Å². The van der Waals surface area contributed by atoms with Crippen molar-refractivity contribution in [2.75, 3.05) is 7.05 Å². The molecule has 0 aliphatic heterocycles. The lowest BCUT2D eigenvalue weighted by Crippen LogP contribution is -2.16. The zero-order chi connectivity index (χ0) is 15.0. The quantitative estimate of drug-likeness (QED) is 0.649. The summed E-state index contributed by atoms with van der Waals surface area (Å²) in [6, 6.07) is 12.4. The molecule has 1 atom stereocenters. The van der Waals surface area contributed by atoms with E-state index in [1.54, 1.807) is 29.5 Å². The molecule has 0 amide bonds. The summed E-state index contributed by atoms with van der Waals surface area (Å²) in [6.07, 6.45) is 0.